The highest BCUT2D eigenvalue weighted by molar-refractivity contribution is 7.17. The number of esters is 1. The van der Waals surface area contributed by atoms with Crippen LogP contribution in [0.5, 0.6) is 5.75 Å². The average Bonchev–Trinajstić information content (AvgIpc) is 3.31. The van der Waals surface area contributed by atoms with Gasteiger partial charge < -0.3 is 20.1 Å². The summed E-state index contributed by atoms with van der Waals surface area (Å²) >= 11 is 1.40. The van der Waals surface area contributed by atoms with Gasteiger partial charge in [0.2, 0.25) is 5.91 Å². The Morgan fingerprint density at radius 1 is 1.26 bits per heavy atom. The van der Waals surface area contributed by atoms with E-state index in [0.717, 1.165) is 29.7 Å². The average molecular weight is 442 g/mol. The molecule has 4 rings (SSSR count). The number of ketones is 1. The van der Waals surface area contributed by atoms with Crippen LogP contribution in [0.25, 0.3) is 0 Å². The standard InChI is InChI=1S/C22H22N2O6S/c1-11(2)20(27)24-21-19(13-4-3-5-17(13)31-21)22(28)30-9-15(25)12-6-7-16-14(8-12)23-18(26)10-29-16/h6-8,11H,3-5,9-10H2,1-2H3,(H,23,26)(H,24,27). The van der Waals surface area contributed by atoms with Crippen LogP contribution < -0.4 is 15.4 Å². The largest absolute Gasteiger partial charge is 0.482 e. The lowest BCUT2D eigenvalue weighted by Crippen LogP contribution is -2.25. The van der Waals surface area contributed by atoms with E-state index in [1.807, 2.05) is 0 Å². The van der Waals surface area contributed by atoms with E-state index in [1.54, 1.807) is 26.0 Å². The molecular formula is C22H22N2O6S. The summed E-state index contributed by atoms with van der Waals surface area (Å²) in [6.45, 7) is 3.03. The fraction of sp³-hybridized carbons (Fsp3) is 0.364. The van der Waals surface area contributed by atoms with Gasteiger partial charge in [0.25, 0.3) is 5.91 Å². The molecule has 0 spiro atoms. The first-order valence-corrected chi connectivity index (χ1v) is 10.9. The minimum absolute atomic E-state index is 0.0709. The Labute approximate surface area is 182 Å². The van der Waals surface area contributed by atoms with E-state index in [9.17, 15) is 19.2 Å². The summed E-state index contributed by atoms with van der Waals surface area (Å²) in [7, 11) is 0. The predicted octanol–water partition coefficient (Wildman–Crippen LogP) is 3.20. The normalized spacial score (nSPS) is 14.4. The van der Waals surface area contributed by atoms with Gasteiger partial charge in [-0.2, -0.15) is 0 Å². The quantitative estimate of drug-likeness (QED) is 0.525. The molecular weight excluding hydrogens is 420 g/mol. The summed E-state index contributed by atoms with van der Waals surface area (Å²) in [5.41, 5.74) is 1.95. The molecule has 0 saturated heterocycles. The smallest absolute Gasteiger partial charge is 0.341 e. The van der Waals surface area contributed by atoms with Crippen LogP contribution in [0.2, 0.25) is 0 Å². The van der Waals surface area contributed by atoms with Crippen LogP contribution in [0.15, 0.2) is 18.2 Å². The topological polar surface area (TPSA) is 111 Å². The summed E-state index contributed by atoms with van der Waals surface area (Å²) < 4.78 is 10.6. The molecule has 2 heterocycles. The number of hydrogen-bond acceptors (Lipinski definition) is 7. The number of anilines is 2. The number of rotatable bonds is 6. The second kappa shape index (κ2) is 8.50. The van der Waals surface area contributed by atoms with Crippen molar-refractivity contribution in [3.63, 3.8) is 0 Å². The number of carbonyl (C=O) groups is 4. The minimum atomic E-state index is -0.624. The first kappa shape index (κ1) is 21.0. The Hall–Kier alpha value is -3.20. The lowest BCUT2D eigenvalue weighted by atomic mass is 10.1. The second-order valence-corrected chi connectivity index (χ2v) is 8.86. The summed E-state index contributed by atoms with van der Waals surface area (Å²) in [6.07, 6.45) is 2.55. The van der Waals surface area contributed by atoms with Crippen molar-refractivity contribution in [3.8, 4) is 5.75 Å². The van der Waals surface area contributed by atoms with Crippen molar-refractivity contribution in [2.45, 2.75) is 33.1 Å². The highest BCUT2D eigenvalue weighted by Gasteiger charge is 2.29. The molecule has 0 bridgehead atoms. The molecule has 2 aliphatic rings. The number of hydrogen-bond donors (Lipinski definition) is 2. The highest BCUT2D eigenvalue weighted by atomic mass is 32.1. The van der Waals surface area contributed by atoms with Crippen molar-refractivity contribution in [2.75, 3.05) is 23.8 Å². The molecule has 2 amide bonds. The molecule has 2 aromatic rings. The van der Waals surface area contributed by atoms with Gasteiger partial charge in [-0.05, 0) is 43.0 Å². The Bertz CT molecular complexity index is 1090. The third-order valence-corrected chi connectivity index (χ3v) is 6.36. The molecule has 0 radical (unpaired) electrons. The van der Waals surface area contributed by atoms with Gasteiger partial charge in [-0.25, -0.2) is 4.79 Å². The van der Waals surface area contributed by atoms with Crippen LogP contribution in [0.1, 0.15) is 51.4 Å². The van der Waals surface area contributed by atoms with Gasteiger partial charge >= 0.3 is 5.97 Å². The van der Waals surface area contributed by atoms with Crippen molar-refractivity contribution in [1.82, 2.24) is 0 Å². The fourth-order valence-corrected chi connectivity index (χ4v) is 4.79. The molecule has 0 atom stereocenters. The number of nitrogens with one attached hydrogen (secondary N) is 2. The van der Waals surface area contributed by atoms with Gasteiger partial charge in [0.05, 0.1) is 11.3 Å². The summed E-state index contributed by atoms with van der Waals surface area (Å²) in [4.78, 5) is 50.1. The maximum atomic E-state index is 12.9. The van der Waals surface area contributed by atoms with E-state index >= 15 is 0 Å². The lowest BCUT2D eigenvalue weighted by Gasteiger charge is -2.18. The zero-order valence-corrected chi connectivity index (χ0v) is 18.0. The number of benzene rings is 1. The maximum absolute atomic E-state index is 12.9. The molecule has 0 unspecified atom stereocenters. The number of amides is 2. The zero-order valence-electron chi connectivity index (χ0n) is 17.2. The molecule has 1 aliphatic carbocycles. The highest BCUT2D eigenvalue weighted by Crippen LogP contribution is 2.39. The van der Waals surface area contributed by atoms with Gasteiger partial charge in [0.15, 0.2) is 19.0 Å². The van der Waals surface area contributed by atoms with E-state index < -0.39 is 18.4 Å². The third kappa shape index (κ3) is 4.32. The molecule has 162 valence electrons. The summed E-state index contributed by atoms with van der Waals surface area (Å²) in [5, 5.41) is 5.94. The Morgan fingerprint density at radius 3 is 2.84 bits per heavy atom. The first-order valence-electron chi connectivity index (χ1n) is 10.1. The number of aryl methyl sites for hydroxylation is 1. The summed E-state index contributed by atoms with van der Waals surface area (Å²) in [6, 6.07) is 4.65. The molecule has 31 heavy (non-hydrogen) atoms. The number of thiophene rings is 1. The zero-order chi connectivity index (χ0) is 22.1. The van der Waals surface area contributed by atoms with Crippen LogP contribution in [0.3, 0.4) is 0 Å². The number of ether oxygens (including phenoxy) is 2. The molecule has 1 aromatic heterocycles. The molecule has 0 saturated carbocycles. The SMILES string of the molecule is CC(C)C(=O)Nc1sc2c(c1C(=O)OCC(=O)c1ccc3c(c1)NC(=O)CO3)CCC2. The van der Waals surface area contributed by atoms with Crippen molar-refractivity contribution in [3.05, 3.63) is 39.8 Å². The van der Waals surface area contributed by atoms with Gasteiger partial charge in [0, 0.05) is 16.4 Å². The van der Waals surface area contributed by atoms with Gasteiger partial charge in [-0.1, -0.05) is 13.8 Å². The van der Waals surface area contributed by atoms with Crippen LogP contribution in [0.4, 0.5) is 10.7 Å². The Balaban J connectivity index is 1.48. The van der Waals surface area contributed by atoms with E-state index in [1.165, 1.54) is 17.4 Å². The van der Waals surface area contributed by atoms with Crippen LogP contribution >= 0.6 is 11.3 Å². The van der Waals surface area contributed by atoms with E-state index in [2.05, 4.69) is 10.6 Å². The van der Waals surface area contributed by atoms with Crippen LogP contribution in [-0.4, -0.2) is 36.8 Å². The monoisotopic (exact) mass is 442 g/mol. The van der Waals surface area contributed by atoms with Crippen molar-refractivity contribution in [1.29, 1.82) is 0 Å². The molecule has 9 heteroatoms. The Morgan fingerprint density at radius 2 is 2.06 bits per heavy atom. The molecule has 0 fully saturated rings. The molecule has 1 aliphatic heterocycles. The number of fused-ring (bicyclic) bond motifs is 2. The molecule has 2 N–H and O–H groups in total. The van der Waals surface area contributed by atoms with Gasteiger partial charge in [0.1, 0.15) is 10.8 Å². The van der Waals surface area contributed by atoms with E-state index in [0.29, 0.717) is 27.6 Å². The van der Waals surface area contributed by atoms with Crippen LogP contribution in [-0.2, 0) is 27.2 Å². The fourth-order valence-electron chi connectivity index (χ4n) is 3.51. The van der Waals surface area contributed by atoms with Crippen molar-refractivity contribution in [2.24, 2.45) is 5.92 Å². The first-order chi connectivity index (χ1) is 14.8. The van der Waals surface area contributed by atoms with E-state index in [-0.39, 0.29) is 24.3 Å². The third-order valence-electron chi connectivity index (χ3n) is 5.16. The summed E-state index contributed by atoms with van der Waals surface area (Å²) in [5.74, 6) is -1.26. The number of Topliss-reactive ketones (excluding diaryl/α,β-unsaturated/α-hetero) is 1. The molecule has 8 nitrogen and oxygen atoms in total. The van der Waals surface area contributed by atoms with Crippen molar-refractivity contribution < 1.29 is 28.7 Å². The van der Waals surface area contributed by atoms with Crippen LogP contribution in [0, 0.1) is 5.92 Å². The maximum Gasteiger partial charge on any atom is 0.341 e. The van der Waals surface area contributed by atoms with E-state index in [4.69, 9.17) is 9.47 Å². The molecule has 1 aromatic carbocycles. The second-order valence-electron chi connectivity index (χ2n) is 7.75. The van der Waals surface area contributed by atoms with Crippen molar-refractivity contribution >= 4 is 45.6 Å². The number of carbonyl (C=O) groups excluding carboxylic acids is 4. The lowest BCUT2D eigenvalue weighted by molar-refractivity contribution is -0.119. The van der Waals surface area contributed by atoms with Gasteiger partial charge in [-0.15, -0.1) is 11.3 Å². The predicted molar refractivity (Wildman–Crippen MR) is 115 cm³/mol. The Kier molecular flexibility index (Phi) is 5.77. The van der Waals surface area contributed by atoms with Gasteiger partial charge in [-0.3, -0.25) is 14.4 Å². The minimum Gasteiger partial charge on any atom is -0.482 e.